The highest BCUT2D eigenvalue weighted by Gasteiger charge is 2.35. The number of fused-ring (bicyclic) bond motifs is 2. The van der Waals surface area contributed by atoms with E-state index in [1.165, 1.54) is 0 Å². The standard InChI is InChI=1S/C24H22N6O2/c1-2-25-11-12-26-24-28-18-10-6-4-8-15(18)21(29-24)20-19(22(31)30-23(20)32)16-13-27-17-9-5-3-7-14(16)17/h3-10,13,25,27H,2,11-12H2,1H3,(H,26,28,29)(H,30,31,32). The molecule has 4 N–H and O–H groups in total. The smallest absolute Gasteiger partial charge is 0.261 e. The summed E-state index contributed by atoms with van der Waals surface area (Å²) in [7, 11) is 0. The Labute approximate surface area is 184 Å². The monoisotopic (exact) mass is 426 g/mol. The molecular weight excluding hydrogens is 404 g/mol. The zero-order chi connectivity index (χ0) is 22.1. The molecule has 0 bridgehead atoms. The molecule has 3 heterocycles. The highest BCUT2D eigenvalue weighted by molar-refractivity contribution is 6.50. The Morgan fingerprint density at radius 3 is 2.47 bits per heavy atom. The highest BCUT2D eigenvalue weighted by atomic mass is 16.2. The first-order valence-electron chi connectivity index (χ1n) is 10.6. The van der Waals surface area contributed by atoms with E-state index in [9.17, 15) is 9.59 Å². The van der Waals surface area contributed by atoms with Gasteiger partial charge in [0.25, 0.3) is 11.8 Å². The van der Waals surface area contributed by atoms with Gasteiger partial charge in [-0.05, 0) is 18.7 Å². The summed E-state index contributed by atoms with van der Waals surface area (Å²) in [5, 5.41) is 10.5. The maximum atomic E-state index is 13.0. The van der Waals surface area contributed by atoms with E-state index in [0.717, 1.165) is 24.0 Å². The number of nitrogens with one attached hydrogen (secondary N) is 4. The minimum atomic E-state index is -0.460. The molecule has 4 aromatic rings. The Hall–Kier alpha value is -4.04. The van der Waals surface area contributed by atoms with Crippen molar-refractivity contribution in [3.63, 3.8) is 0 Å². The fourth-order valence-electron chi connectivity index (χ4n) is 4.00. The largest absolute Gasteiger partial charge is 0.361 e. The van der Waals surface area contributed by atoms with Crippen molar-refractivity contribution in [1.82, 2.24) is 25.6 Å². The third kappa shape index (κ3) is 3.40. The third-order valence-corrected chi connectivity index (χ3v) is 5.46. The summed E-state index contributed by atoms with van der Waals surface area (Å²) in [5.74, 6) is -0.480. The molecular formula is C24H22N6O2. The number of hydrogen-bond donors (Lipinski definition) is 4. The van der Waals surface area contributed by atoms with Gasteiger partial charge in [-0.25, -0.2) is 9.97 Å². The average molecular weight is 426 g/mol. The van der Waals surface area contributed by atoms with Gasteiger partial charge in [-0.3, -0.25) is 14.9 Å². The zero-order valence-electron chi connectivity index (χ0n) is 17.5. The van der Waals surface area contributed by atoms with E-state index < -0.39 is 11.8 Å². The molecule has 32 heavy (non-hydrogen) atoms. The van der Waals surface area contributed by atoms with E-state index in [0.29, 0.717) is 40.2 Å². The first-order valence-corrected chi connectivity index (χ1v) is 10.6. The molecule has 0 aliphatic carbocycles. The third-order valence-electron chi connectivity index (χ3n) is 5.46. The summed E-state index contributed by atoms with van der Waals surface area (Å²) >= 11 is 0. The van der Waals surface area contributed by atoms with Crippen LogP contribution >= 0.6 is 0 Å². The van der Waals surface area contributed by atoms with Crippen molar-refractivity contribution >= 4 is 50.7 Å². The second kappa shape index (κ2) is 8.24. The van der Waals surface area contributed by atoms with Crippen molar-refractivity contribution in [3.8, 4) is 0 Å². The van der Waals surface area contributed by atoms with Gasteiger partial charge in [-0.15, -0.1) is 0 Å². The molecule has 0 radical (unpaired) electrons. The predicted octanol–water partition coefficient (Wildman–Crippen LogP) is 2.70. The van der Waals surface area contributed by atoms with E-state index in [2.05, 4.69) is 30.9 Å². The van der Waals surface area contributed by atoms with Crippen LogP contribution in [0.3, 0.4) is 0 Å². The molecule has 1 aliphatic heterocycles. The van der Waals surface area contributed by atoms with E-state index in [-0.39, 0.29) is 5.57 Å². The van der Waals surface area contributed by atoms with Crippen molar-refractivity contribution < 1.29 is 9.59 Å². The number of carbonyl (C=O) groups is 2. The molecule has 0 fully saturated rings. The number of likely N-dealkylation sites (N-methyl/N-ethyl adjacent to an activating group) is 1. The molecule has 0 saturated heterocycles. The van der Waals surface area contributed by atoms with Crippen molar-refractivity contribution in [2.45, 2.75) is 6.92 Å². The van der Waals surface area contributed by atoms with Crippen LogP contribution in [0, 0.1) is 0 Å². The predicted molar refractivity (Wildman–Crippen MR) is 125 cm³/mol. The summed E-state index contributed by atoms with van der Waals surface area (Å²) < 4.78 is 0. The van der Waals surface area contributed by atoms with Gasteiger partial charge >= 0.3 is 0 Å². The Kier molecular flexibility index (Phi) is 5.12. The number of aromatic nitrogens is 3. The Morgan fingerprint density at radius 2 is 1.62 bits per heavy atom. The van der Waals surface area contributed by atoms with Crippen LogP contribution in [0.4, 0.5) is 5.95 Å². The molecule has 2 aromatic heterocycles. The summed E-state index contributed by atoms with van der Waals surface area (Å²) in [6.07, 6.45) is 1.76. The molecule has 0 atom stereocenters. The van der Waals surface area contributed by atoms with E-state index in [1.807, 2.05) is 55.5 Å². The molecule has 8 heteroatoms. The number of para-hydroxylation sites is 2. The lowest BCUT2D eigenvalue weighted by atomic mass is 9.97. The molecule has 0 spiro atoms. The maximum Gasteiger partial charge on any atom is 0.261 e. The zero-order valence-corrected chi connectivity index (χ0v) is 17.5. The summed E-state index contributed by atoms with van der Waals surface area (Å²) in [5.41, 5.74) is 3.26. The molecule has 160 valence electrons. The molecule has 5 rings (SSSR count). The van der Waals surface area contributed by atoms with Gasteiger partial charge in [0.1, 0.15) is 0 Å². The number of rotatable bonds is 7. The minimum Gasteiger partial charge on any atom is -0.361 e. The number of benzene rings is 2. The van der Waals surface area contributed by atoms with Crippen molar-refractivity contribution in [1.29, 1.82) is 0 Å². The van der Waals surface area contributed by atoms with Crippen molar-refractivity contribution in [3.05, 3.63) is 66.0 Å². The quantitative estimate of drug-likeness (QED) is 0.267. The average Bonchev–Trinajstić information content (AvgIpc) is 3.35. The number of hydrogen-bond acceptors (Lipinski definition) is 6. The number of H-pyrrole nitrogens is 1. The number of aromatic amines is 1. The minimum absolute atomic E-state index is 0.257. The van der Waals surface area contributed by atoms with Gasteiger partial charge in [0, 0.05) is 41.1 Å². The summed E-state index contributed by atoms with van der Waals surface area (Å²) in [4.78, 5) is 38.3. The first-order chi connectivity index (χ1) is 15.7. The second-order valence-electron chi connectivity index (χ2n) is 7.47. The fourth-order valence-corrected chi connectivity index (χ4v) is 4.00. The van der Waals surface area contributed by atoms with E-state index in [4.69, 9.17) is 0 Å². The van der Waals surface area contributed by atoms with Crippen LogP contribution in [-0.4, -0.2) is 46.4 Å². The normalized spacial score (nSPS) is 13.9. The van der Waals surface area contributed by atoms with Crippen molar-refractivity contribution in [2.24, 2.45) is 0 Å². The maximum absolute atomic E-state index is 13.0. The van der Waals surface area contributed by atoms with Crippen LogP contribution in [0.5, 0.6) is 0 Å². The SMILES string of the molecule is CCNCCNc1nc(C2=C(c3c[nH]c4ccccc34)C(=O)NC2=O)c2ccccc2n1. The molecule has 2 aromatic carbocycles. The van der Waals surface area contributed by atoms with Crippen LogP contribution in [0.15, 0.2) is 54.7 Å². The van der Waals surface area contributed by atoms with E-state index in [1.54, 1.807) is 6.20 Å². The highest BCUT2D eigenvalue weighted by Crippen LogP contribution is 2.36. The number of nitrogens with zero attached hydrogens (tertiary/aromatic N) is 2. The topological polar surface area (TPSA) is 112 Å². The van der Waals surface area contributed by atoms with Crippen LogP contribution < -0.4 is 16.0 Å². The number of anilines is 1. The van der Waals surface area contributed by atoms with Crippen LogP contribution in [0.25, 0.3) is 33.0 Å². The van der Waals surface area contributed by atoms with E-state index >= 15 is 0 Å². The lowest BCUT2D eigenvalue weighted by Crippen LogP contribution is -2.23. The fraction of sp³-hybridized carbons (Fsp3) is 0.167. The Bertz CT molecular complexity index is 1390. The van der Waals surface area contributed by atoms with Gasteiger partial charge < -0.3 is 15.6 Å². The van der Waals surface area contributed by atoms with Crippen LogP contribution in [0.2, 0.25) is 0 Å². The van der Waals surface area contributed by atoms with Crippen LogP contribution in [-0.2, 0) is 9.59 Å². The van der Waals surface area contributed by atoms with Crippen LogP contribution in [0.1, 0.15) is 18.2 Å². The molecule has 1 aliphatic rings. The molecule has 8 nitrogen and oxygen atoms in total. The molecule has 0 saturated carbocycles. The van der Waals surface area contributed by atoms with Gasteiger partial charge in [0.05, 0.1) is 22.4 Å². The first kappa shape index (κ1) is 19.9. The van der Waals surface area contributed by atoms with Gasteiger partial charge in [-0.1, -0.05) is 43.3 Å². The molecule has 2 amide bonds. The Morgan fingerprint density at radius 1 is 0.875 bits per heavy atom. The lowest BCUT2D eigenvalue weighted by molar-refractivity contribution is -0.122. The molecule has 0 unspecified atom stereocenters. The second-order valence-corrected chi connectivity index (χ2v) is 7.47. The van der Waals surface area contributed by atoms with Crippen molar-refractivity contribution in [2.75, 3.05) is 25.0 Å². The van der Waals surface area contributed by atoms with Gasteiger partial charge in [0.15, 0.2) is 0 Å². The number of imide groups is 1. The van der Waals surface area contributed by atoms with Gasteiger partial charge in [0.2, 0.25) is 5.95 Å². The number of amides is 2. The summed E-state index contributed by atoms with van der Waals surface area (Å²) in [6, 6.07) is 15.2. The Balaban J connectivity index is 1.71. The lowest BCUT2D eigenvalue weighted by Gasteiger charge is -2.11. The van der Waals surface area contributed by atoms with Gasteiger partial charge in [-0.2, -0.15) is 0 Å². The summed E-state index contributed by atoms with van der Waals surface area (Å²) in [6.45, 7) is 4.29. The number of carbonyl (C=O) groups excluding carboxylic acids is 2.